The molecule has 0 aromatic heterocycles. The first-order chi connectivity index (χ1) is 15.6. The number of hydrogen-bond acceptors (Lipinski definition) is 5. The van der Waals surface area contributed by atoms with Crippen molar-refractivity contribution in [1.29, 1.82) is 0 Å². The second kappa shape index (κ2) is 11.6. The summed E-state index contributed by atoms with van der Waals surface area (Å²) in [5.74, 6) is 1.92. The Morgan fingerprint density at radius 1 is 0.618 bits per heavy atom. The van der Waals surface area contributed by atoms with Crippen molar-refractivity contribution < 1.29 is 21.8 Å². The summed E-state index contributed by atoms with van der Waals surface area (Å²) in [5, 5.41) is 0. The molecule has 3 aromatic carbocycles. The molecule has 0 saturated carbocycles. The molecule has 0 aliphatic heterocycles. The maximum absolute atomic E-state index is 9.08. The zero-order valence-corrected chi connectivity index (χ0v) is 24.5. The molecule has 0 aliphatic carbocycles. The molecule has 0 unspecified atom stereocenters. The molecule has 3 rings (SSSR count). The van der Waals surface area contributed by atoms with Crippen molar-refractivity contribution in [1.82, 2.24) is 0 Å². The first kappa shape index (κ1) is 28.2. The van der Waals surface area contributed by atoms with Gasteiger partial charge in [-0.15, -0.1) is 0 Å². The Balaban J connectivity index is 0.000000739. The summed E-state index contributed by atoms with van der Waals surface area (Å²) in [5.41, 5.74) is 0. The van der Waals surface area contributed by atoms with Crippen molar-refractivity contribution in [2.24, 2.45) is 0 Å². The fourth-order valence-electron chi connectivity index (χ4n) is 2.96. The van der Waals surface area contributed by atoms with Crippen LogP contribution in [0.25, 0.3) is 0 Å². The SMILES string of the molecule is CS(=O)(=O)[O-].C[Si](C)(C)Oc1ccc([S+](c2ccccc2)c2ccc(O[Si](C)(C)C)cc2)cc1. The molecule has 0 saturated heterocycles. The van der Waals surface area contributed by atoms with Gasteiger partial charge in [0.15, 0.2) is 14.7 Å². The van der Waals surface area contributed by atoms with Crippen molar-refractivity contribution in [2.45, 2.75) is 54.0 Å². The van der Waals surface area contributed by atoms with E-state index < -0.39 is 26.8 Å². The Morgan fingerprint density at radius 2 is 0.912 bits per heavy atom. The van der Waals surface area contributed by atoms with Gasteiger partial charge in [0.05, 0.1) is 21.0 Å². The highest BCUT2D eigenvalue weighted by Gasteiger charge is 2.29. The molecule has 0 aliphatic rings. The van der Waals surface area contributed by atoms with Crippen LogP contribution in [0.2, 0.25) is 39.3 Å². The Kier molecular flexibility index (Phi) is 9.61. The Labute approximate surface area is 209 Å². The van der Waals surface area contributed by atoms with E-state index in [2.05, 4.69) is 118 Å². The van der Waals surface area contributed by atoms with E-state index in [1.165, 1.54) is 14.7 Å². The molecule has 0 radical (unpaired) electrons. The van der Waals surface area contributed by atoms with Gasteiger partial charge in [-0.2, -0.15) is 0 Å². The molecule has 0 bridgehead atoms. The molecular formula is C25H34O5S2Si2. The molecule has 0 spiro atoms. The summed E-state index contributed by atoms with van der Waals surface area (Å²) in [6.07, 6.45) is 0.604. The fourth-order valence-corrected chi connectivity index (χ4v) is 6.71. The Hall–Kier alpha value is -2.05. The van der Waals surface area contributed by atoms with Gasteiger partial charge >= 0.3 is 0 Å². The zero-order valence-electron chi connectivity index (χ0n) is 20.9. The first-order valence-electron chi connectivity index (χ1n) is 10.9. The largest absolute Gasteiger partial charge is 0.748 e. The van der Waals surface area contributed by atoms with E-state index in [4.69, 9.17) is 21.8 Å². The highest BCUT2D eigenvalue weighted by Crippen LogP contribution is 2.33. The van der Waals surface area contributed by atoms with Gasteiger partial charge in [0.2, 0.25) is 16.6 Å². The number of hydrogen-bond donors (Lipinski definition) is 0. The van der Waals surface area contributed by atoms with E-state index in [0.717, 1.165) is 11.5 Å². The standard InChI is InChI=1S/C24H31O2SSi2.CH4O3S/c1-28(2,3)25-20-12-16-23(17-13-20)27(22-10-8-7-9-11-22)24-18-14-21(15-19-24)26-29(4,5)6;1-5(2,3)4/h7-19H,1-6H3;1H3,(H,2,3,4)/q+1;/p-1. The summed E-state index contributed by atoms with van der Waals surface area (Å²) >= 11 is 0. The van der Waals surface area contributed by atoms with Crippen molar-refractivity contribution in [2.75, 3.05) is 6.26 Å². The van der Waals surface area contributed by atoms with Gasteiger partial charge in [-0.1, -0.05) is 18.2 Å². The van der Waals surface area contributed by atoms with Crippen LogP contribution in [0.4, 0.5) is 0 Å². The predicted octanol–water partition coefficient (Wildman–Crippen LogP) is 6.37. The minimum Gasteiger partial charge on any atom is -0.748 e. The molecule has 184 valence electrons. The highest BCUT2D eigenvalue weighted by molar-refractivity contribution is 7.97. The van der Waals surface area contributed by atoms with Gasteiger partial charge in [-0.3, -0.25) is 0 Å². The number of rotatable bonds is 7. The van der Waals surface area contributed by atoms with Gasteiger partial charge in [0.1, 0.15) is 11.5 Å². The van der Waals surface area contributed by atoms with Gasteiger partial charge < -0.3 is 13.4 Å². The maximum Gasteiger partial charge on any atom is 0.242 e. The van der Waals surface area contributed by atoms with E-state index >= 15 is 0 Å². The average molecular weight is 535 g/mol. The van der Waals surface area contributed by atoms with E-state index in [0.29, 0.717) is 6.26 Å². The minimum absolute atomic E-state index is 0.166. The Bertz CT molecular complexity index is 1070. The summed E-state index contributed by atoms with van der Waals surface area (Å²) in [7, 11) is -7.29. The van der Waals surface area contributed by atoms with Crippen LogP contribution in [0.1, 0.15) is 0 Å². The van der Waals surface area contributed by atoms with Crippen LogP contribution < -0.4 is 8.85 Å². The van der Waals surface area contributed by atoms with Crippen LogP contribution in [0.15, 0.2) is 93.5 Å². The zero-order chi connectivity index (χ0) is 25.6. The second-order valence-corrected chi connectivity index (χ2v) is 22.0. The molecule has 0 heterocycles. The normalized spacial score (nSPS) is 12.0. The summed E-state index contributed by atoms with van der Waals surface area (Å²) in [6, 6.07) is 28.0. The van der Waals surface area contributed by atoms with Gasteiger partial charge in [0, 0.05) is 6.26 Å². The third-order valence-electron chi connectivity index (χ3n) is 3.95. The number of benzene rings is 3. The smallest absolute Gasteiger partial charge is 0.242 e. The van der Waals surface area contributed by atoms with Crippen LogP contribution in [-0.2, 0) is 21.0 Å². The lowest BCUT2D eigenvalue weighted by atomic mass is 10.3. The lowest BCUT2D eigenvalue weighted by molar-refractivity contribution is 0.470. The topological polar surface area (TPSA) is 75.7 Å². The average Bonchev–Trinajstić information content (AvgIpc) is 2.68. The summed E-state index contributed by atoms with van der Waals surface area (Å²) < 4.78 is 39.5. The van der Waals surface area contributed by atoms with Crippen LogP contribution in [-0.4, -0.2) is 35.9 Å². The van der Waals surface area contributed by atoms with Crippen LogP contribution >= 0.6 is 0 Å². The first-order valence-corrected chi connectivity index (χ1v) is 20.7. The summed E-state index contributed by atoms with van der Waals surface area (Å²) in [6.45, 7) is 13.2. The summed E-state index contributed by atoms with van der Waals surface area (Å²) in [4.78, 5) is 3.89. The monoisotopic (exact) mass is 534 g/mol. The third kappa shape index (κ3) is 10.9. The molecule has 0 amide bonds. The van der Waals surface area contributed by atoms with Crippen molar-refractivity contribution in [3.8, 4) is 11.5 Å². The molecular weight excluding hydrogens is 501 g/mol. The van der Waals surface area contributed by atoms with Crippen molar-refractivity contribution in [3.05, 3.63) is 78.9 Å². The molecule has 0 N–H and O–H groups in total. The minimum atomic E-state index is -3.92. The highest BCUT2D eigenvalue weighted by atomic mass is 32.2. The Morgan fingerprint density at radius 3 is 1.21 bits per heavy atom. The molecule has 5 nitrogen and oxygen atoms in total. The van der Waals surface area contributed by atoms with Gasteiger partial charge in [0.25, 0.3) is 0 Å². The molecule has 0 fully saturated rings. The molecule has 34 heavy (non-hydrogen) atoms. The predicted molar refractivity (Wildman–Crippen MR) is 145 cm³/mol. The quantitative estimate of drug-likeness (QED) is 0.200. The van der Waals surface area contributed by atoms with Gasteiger partial charge in [-0.25, -0.2) is 8.42 Å². The van der Waals surface area contributed by atoms with E-state index in [1.54, 1.807) is 0 Å². The van der Waals surface area contributed by atoms with E-state index in [1.807, 2.05) is 0 Å². The van der Waals surface area contributed by atoms with Crippen LogP contribution in [0.5, 0.6) is 11.5 Å². The lowest BCUT2D eigenvalue weighted by Crippen LogP contribution is -2.29. The molecule has 9 heteroatoms. The molecule has 3 aromatic rings. The molecule has 0 atom stereocenters. The van der Waals surface area contributed by atoms with Crippen LogP contribution in [0, 0.1) is 0 Å². The van der Waals surface area contributed by atoms with Crippen LogP contribution in [0.3, 0.4) is 0 Å². The second-order valence-electron chi connectivity index (χ2n) is 9.70. The van der Waals surface area contributed by atoms with Crippen molar-refractivity contribution >= 4 is 37.6 Å². The van der Waals surface area contributed by atoms with E-state index in [9.17, 15) is 0 Å². The van der Waals surface area contributed by atoms with E-state index in [-0.39, 0.29) is 10.9 Å². The van der Waals surface area contributed by atoms with Gasteiger partial charge in [-0.05, 0) is 99.9 Å². The fraction of sp³-hybridized carbons (Fsp3) is 0.280. The lowest BCUT2D eigenvalue weighted by Gasteiger charge is -2.19. The third-order valence-corrected chi connectivity index (χ3v) is 7.87. The maximum atomic E-state index is 9.08. The van der Waals surface area contributed by atoms with Crippen molar-refractivity contribution in [3.63, 3.8) is 0 Å².